The van der Waals surface area contributed by atoms with Gasteiger partial charge < -0.3 is 14.9 Å². The molecule has 5 heteroatoms. The van der Waals surface area contributed by atoms with Crippen LogP contribution in [0.3, 0.4) is 0 Å². The van der Waals surface area contributed by atoms with Gasteiger partial charge >= 0.3 is 5.97 Å². The number of hydrogen-bond donors (Lipinski definition) is 2. The number of likely N-dealkylation sites (N-methyl/N-ethyl adjacent to an activating group) is 1. The van der Waals surface area contributed by atoms with Crippen molar-refractivity contribution in [1.29, 1.82) is 0 Å². The quantitative estimate of drug-likeness (QED) is 0.558. The van der Waals surface area contributed by atoms with Gasteiger partial charge in [0.25, 0.3) is 0 Å². The van der Waals surface area contributed by atoms with Gasteiger partial charge in [0.15, 0.2) is 0 Å². The van der Waals surface area contributed by atoms with E-state index in [1.54, 1.807) is 7.05 Å². The zero-order valence-corrected chi connectivity index (χ0v) is 9.27. The molecule has 0 rings (SSSR count). The van der Waals surface area contributed by atoms with E-state index in [2.05, 4.69) is 6.58 Å². The van der Waals surface area contributed by atoms with Crippen molar-refractivity contribution < 1.29 is 19.7 Å². The van der Waals surface area contributed by atoms with Crippen LogP contribution in [0.2, 0.25) is 0 Å². The highest BCUT2D eigenvalue weighted by atomic mass is 16.5. The monoisotopic (exact) mass is 217 g/mol. The minimum atomic E-state index is -0.910. The minimum Gasteiger partial charge on any atom is -0.480 e. The zero-order valence-electron chi connectivity index (χ0n) is 9.27. The average Bonchev–Trinajstić information content (AvgIpc) is 2.00. The molecule has 15 heavy (non-hydrogen) atoms. The summed E-state index contributed by atoms with van der Waals surface area (Å²) in [6.45, 7) is 6.30. The lowest BCUT2D eigenvalue weighted by Crippen LogP contribution is -2.35. The first-order chi connectivity index (χ1) is 6.91. The van der Waals surface area contributed by atoms with Crippen molar-refractivity contribution in [1.82, 2.24) is 4.90 Å². The number of ether oxygens (including phenoxy) is 1. The second-order valence-corrected chi connectivity index (χ2v) is 3.72. The molecule has 0 aliphatic carbocycles. The SMILES string of the molecule is C=C(C)COCC(O)CN(C)CC(=O)O. The van der Waals surface area contributed by atoms with E-state index in [9.17, 15) is 9.90 Å². The fraction of sp³-hybridized carbons (Fsp3) is 0.700. The van der Waals surface area contributed by atoms with Crippen molar-refractivity contribution in [3.05, 3.63) is 12.2 Å². The summed E-state index contributed by atoms with van der Waals surface area (Å²) in [6, 6.07) is 0. The predicted octanol–water partition coefficient (Wildman–Crippen LogP) is -0.0436. The van der Waals surface area contributed by atoms with Gasteiger partial charge in [-0.3, -0.25) is 9.69 Å². The van der Waals surface area contributed by atoms with Gasteiger partial charge in [0, 0.05) is 6.54 Å². The van der Waals surface area contributed by atoms with Crippen LogP contribution in [-0.2, 0) is 9.53 Å². The molecule has 0 spiro atoms. The number of carboxylic acids is 1. The molecule has 0 aliphatic rings. The Balaban J connectivity index is 3.59. The van der Waals surface area contributed by atoms with Crippen molar-refractivity contribution in [2.75, 3.05) is 33.4 Å². The summed E-state index contributed by atoms with van der Waals surface area (Å²) in [5.74, 6) is -0.910. The molecule has 0 aromatic carbocycles. The smallest absolute Gasteiger partial charge is 0.317 e. The topological polar surface area (TPSA) is 70.0 Å². The van der Waals surface area contributed by atoms with Crippen LogP contribution in [0.4, 0.5) is 0 Å². The van der Waals surface area contributed by atoms with Crippen LogP contribution < -0.4 is 0 Å². The molecular formula is C10H19NO4. The van der Waals surface area contributed by atoms with Gasteiger partial charge in [0.1, 0.15) is 0 Å². The van der Waals surface area contributed by atoms with Crippen molar-refractivity contribution in [2.24, 2.45) is 0 Å². The van der Waals surface area contributed by atoms with E-state index in [-0.39, 0.29) is 19.7 Å². The van der Waals surface area contributed by atoms with Gasteiger partial charge in [0.05, 0.1) is 25.9 Å². The van der Waals surface area contributed by atoms with Crippen LogP contribution in [0.5, 0.6) is 0 Å². The van der Waals surface area contributed by atoms with Crippen LogP contribution in [0.15, 0.2) is 12.2 Å². The zero-order chi connectivity index (χ0) is 11.8. The van der Waals surface area contributed by atoms with Gasteiger partial charge in [-0.1, -0.05) is 12.2 Å². The predicted molar refractivity (Wildman–Crippen MR) is 56.8 cm³/mol. The summed E-state index contributed by atoms with van der Waals surface area (Å²) < 4.78 is 5.14. The molecule has 0 aromatic rings. The molecule has 1 unspecified atom stereocenters. The first-order valence-corrected chi connectivity index (χ1v) is 4.72. The normalized spacial score (nSPS) is 12.8. The maximum Gasteiger partial charge on any atom is 0.317 e. The van der Waals surface area contributed by atoms with Crippen molar-refractivity contribution >= 4 is 5.97 Å². The number of carboxylic acid groups (broad SMARTS) is 1. The maximum absolute atomic E-state index is 10.3. The second-order valence-electron chi connectivity index (χ2n) is 3.72. The molecule has 0 saturated heterocycles. The third-order valence-corrected chi connectivity index (χ3v) is 1.59. The Morgan fingerprint density at radius 1 is 1.60 bits per heavy atom. The van der Waals surface area contributed by atoms with Gasteiger partial charge in [-0.2, -0.15) is 0 Å². The fourth-order valence-electron chi connectivity index (χ4n) is 1.08. The van der Waals surface area contributed by atoms with E-state index in [1.165, 1.54) is 4.90 Å². The Kier molecular flexibility index (Phi) is 6.94. The van der Waals surface area contributed by atoms with E-state index in [1.807, 2.05) is 6.92 Å². The summed E-state index contributed by atoms with van der Waals surface area (Å²) in [7, 11) is 1.64. The summed E-state index contributed by atoms with van der Waals surface area (Å²) in [4.78, 5) is 11.9. The van der Waals surface area contributed by atoms with Crippen molar-refractivity contribution in [3.8, 4) is 0 Å². The molecule has 0 aromatic heterocycles. The number of nitrogens with zero attached hydrogens (tertiary/aromatic N) is 1. The number of aliphatic carboxylic acids is 1. The van der Waals surface area contributed by atoms with Gasteiger partial charge in [-0.05, 0) is 14.0 Å². The van der Waals surface area contributed by atoms with E-state index in [0.717, 1.165) is 5.57 Å². The van der Waals surface area contributed by atoms with Crippen LogP contribution in [-0.4, -0.2) is 60.5 Å². The van der Waals surface area contributed by atoms with E-state index < -0.39 is 12.1 Å². The van der Waals surface area contributed by atoms with Gasteiger partial charge in [-0.25, -0.2) is 0 Å². The molecule has 0 aliphatic heterocycles. The largest absolute Gasteiger partial charge is 0.480 e. The average molecular weight is 217 g/mol. The fourth-order valence-corrected chi connectivity index (χ4v) is 1.08. The molecule has 2 N–H and O–H groups in total. The van der Waals surface area contributed by atoms with Crippen LogP contribution in [0, 0.1) is 0 Å². The van der Waals surface area contributed by atoms with Gasteiger partial charge in [-0.15, -0.1) is 0 Å². The summed E-state index contributed by atoms with van der Waals surface area (Å²) in [5, 5.41) is 17.9. The molecule has 0 fully saturated rings. The first-order valence-electron chi connectivity index (χ1n) is 4.72. The van der Waals surface area contributed by atoms with E-state index in [0.29, 0.717) is 6.61 Å². The third kappa shape index (κ3) is 9.40. The molecule has 0 bridgehead atoms. The molecule has 5 nitrogen and oxygen atoms in total. The van der Waals surface area contributed by atoms with E-state index in [4.69, 9.17) is 9.84 Å². The molecule has 0 saturated carbocycles. The highest BCUT2D eigenvalue weighted by Gasteiger charge is 2.10. The van der Waals surface area contributed by atoms with Crippen LogP contribution >= 0.6 is 0 Å². The maximum atomic E-state index is 10.3. The Labute approximate surface area is 90.0 Å². The van der Waals surface area contributed by atoms with Crippen molar-refractivity contribution in [2.45, 2.75) is 13.0 Å². The Bertz CT molecular complexity index is 217. The Morgan fingerprint density at radius 3 is 2.67 bits per heavy atom. The molecular weight excluding hydrogens is 198 g/mol. The van der Waals surface area contributed by atoms with Gasteiger partial charge in [0.2, 0.25) is 0 Å². The third-order valence-electron chi connectivity index (χ3n) is 1.59. The highest BCUT2D eigenvalue weighted by molar-refractivity contribution is 5.68. The van der Waals surface area contributed by atoms with Crippen LogP contribution in [0.25, 0.3) is 0 Å². The Morgan fingerprint density at radius 2 is 2.20 bits per heavy atom. The van der Waals surface area contributed by atoms with Crippen LogP contribution in [0.1, 0.15) is 6.92 Å². The molecule has 0 heterocycles. The molecule has 0 amide bonds. The molecule has 88 valence electrons. The highest BCUT2D eigenvalue weighted by Crippen LogP contribution is 1.93. The standard InChI is InChI=1S/C10H19NO4/c1-8(2)6-15-7-9(12)4-11(3)5-10(13)14/h9,12H,1,4-7H2,2-3H3,(H,13,14). The Hall–Kier alpha value is -0.910. The summed E-state index contributed by atoms with van der Waals surface area (Å²) in [5.41, 5.74) is 0.890. The summed E-state index contributed by atoms with van der Waals surface area (Å²) in [6.07, 6.45) is -0.673. The lowest BCUT2D eigenvalue weighted by atomic mass is 10.3. The first kappa shape index (κ1) is 14.1. The number of hydrogen-bond acceptors (Lipinski definition) is 4. The summed E-state index contributed by atoms with van der Waals surface area (Å²) >= 11 is 0. The lowest BCUT2D eigenvalue weighted by Gasteiger charge is -2.18. The number of aliphatic hydroxyl groups is 1. The number of carbonyl (C=O) groups is 1. The minimum absolute atomic E-state index is 0.0858. The number of rotatable bonds is 8. The van der Waals surface area contributed by atoms with E-state index >= 15 is 0 Å². The molecule has 0 radical (unpaired) electrons. The second kappa shape index (κ2) is 7.39. The lowest BCUT2D eigenvalue weighted by molar-refractivity contribution is -0.138. The van der Waals surface area contributed by atoms with Crippen molar-refractivity contribution in [3.63, 3.8) is 0 Å². The molecule has 1 atom stereocenters. The number of aliphatic hydroxyl groups excluding tert-OH is 1.